The molecule has 1 saturated heterocycles. The molecule has 1 heterocycles. The molecule has 3 aromatic carbocycles. The Kier molecular flexibility index (Phi) is 6.40. The monoisotopic (exact) mass is 454 g/mol. The molecule has 1 aliphatic heterocycles. The molecule has 172 valence electrons. The summed E-state index contributed by atoms with van der Waals surface area (Å²) in [6.07, 6.45) is -3.03. The average Bonchev–Trinajstić information content (AvgIpc) is 2.82. The minimum atomic E-state index is -4.40. The summed E-state index contributed by atoms with van der Waals surface area (Å²) in [4.78, 5) is 27.9. The number of fused-ring (bicyclic) bond motifs is 1. The maximum Gasteiger partial charge on any atom is 0.416 e. The molecule has 0 saturated carbocycles. The fourth-order valence-electron chi connectivity index (χ4n) is 4.33. The van der Waals surface area contributed by atoms with Gasteiger partial charge < -0.3 is 10.2 Å². The molecule has 2 amide bonds. The number of nitrogens with zero attached hydrogens (tertiary/aromatic N) is 1. The van der Waals surface area contributed by atoms with Crippen LogP contribution in [0, 0.1) is 5.92 Å². The second kappa shape index (κ2) is 9.25. The van der Waals surface area contributed by atoms with E-state index in [0.29, 0.717) is 37.1 Å². The number of piperidine rings is 1. The Morgan fingerprint density at radius 3 is 2.42 bits per heavy atom. The molecule has 0 unspecified atom stereocenters. The number of hydrogen-bond donors (Lipinski definition) is 1. The fraction of sp³-hybridized carbons (Fsp3) is 0.308. The zero-order chi connectivity index (χ0) is 23.6. The molecule has 0 bridgehead atoms. The fourth-order valence-corrected chi connectivity index (χ4v) is 4.33. The molecule has 1 fully saturated rings. The van der Waals surface area contributed by atoms with E-state index in [1.807, 2.05) is 36.4 Å². The van der Waals surface area contributed by atoms with Gasteiger partial charge in [0.25, 0.3) is 5.91 Å². The molecule has 4 nitrogen and oxygen atoms in total. The Morgan fingerprint density at radius 2 is 1.70 bits per heavy atom. The highest BCUT2D eigenvalue weighted by atomic mass is 19.4. The minimum Gasteiger partial charge on any atom is -0.349 e. The molecular formula is C26H25F3N2O2. The first-order valence-electron chi connectivity index (χ1n) is 11.0. The van der Waals surface area contributed by atoms with E-state index in [2.05, 4.69) is 5.32 Å². The summed E-state index contributed by atoms with van der Waals surface area (Å²) in [5.41, 5.74) is 0.489. The lowest BCUT2D eigenvalue weighted by Crippen LogP contribution is -2.45. The van der Waals surface area contributed by atoms with Crippen molar-refractivity contribution in [3.05, 3.63) is 83.4 Å². The number of alkyl halides is 3. The van der Waals surface area contributed by atoms with Crippen LogP contribution in [0.4, 0.5) is 13.2 Å². The van der Waals surface area contributed by atoms with Crippen LogP contribution in [-0.4, -0.2) is 29.8 Å². The number of rotatable bonds is 4. The topological polar surface area (TPSA) is 49.4 Å². The standard InChI is InChI=1S/C26H25F3N2O2/c1-17(18-11-13-21(14-12-18)26(27,28)29)30-24(32)20-8-5-15-31(16-20)25(33)23-10-4-7-19-6-2-3-9-22(19)23/h2-4,6-7,9-14,17,20H,5,8,15-16H2,1H3,(H,30,32)/t17-,20+/m0/s1. The van der Waals surface area contributed by atoms with Gasteiger partial charge in [-0.1, -0.05) is 48.5 Å². The number of carbonyl (C=O) groups excluding carboxylic acids is 2. The molecule has 1 aliphatic rings. The Morgan fingerprint density at radius 1 is 1.00 bits per heavy atom. The van der Waals surface area contributed by atoms with Crippen molar-refractivity contribution in [2.75, 3.05) is 13.1 Å². The van der Waals surface area contributed by atoms with E-state index in [0.717, 1.165) is 22.9 Å². The first kappa shape index (κ1) is 22.8. The highest BCUT2D eigenvalue weighted by molar-refractivity contribution is 6.07. The van der Waals surface area contributed by atoms with Crippen LogP contribution in [0.1, 0.15) is 47.3 Å². The van der Waals surface area contributed by atoms with Gasteiger partial charge in [-0.2, -0.15) is 13.2 Å². The molecular weight excluding hydrogens is 429 g/mol. The van der Waals surface area contributed by atoms with E-state index in [-0.39, 0.29) is 17.7 Å². The number of carbonyl (C=O) groups is 2. The minimum absolute atomic E-state index is 0.0971. The van der Waals surface area contributed by atoms with Crippen LogP contribution < -0.4 is 5.32 Å². The molecule has 4 rings (SSSR count). The summed E-state index contributed by atoms with van der Waals surface area (Å²) in [7, 11) is 0. The van der Waals surface area contributed by atoms with E-state index < -0.39 is 17.8 Å². The zero-order valence-electron chi connectivity index (χ0n) is 18.2. The largest absolute Gasteiger partial charge is 0.416 e. The van der Waals surface area contributed by atoms with Crippen molar-refractivity contribution in [2.24, 2.45) is 5.92 Å². The molecule has 7 heteroatoms. The van der Waals surface area contributed by atoms with E-state index in [9.17, 15) is 22.8 Å². The summed E-state index contributed by atoms with van der Waals surface area (Å²) in [5, 5.41) is 4.76. The summed E-state index contributed by atoms with van der Waals surface area (Å²) >= 11 is 0. The smallest absolute Gasteiger partial charge is 0.349 e. The Labute approximate surface area is 190 Å². The Hall–Kier alpha value is -3.35. The van der Waals surface area contributed by atoms with Crippen molar-refractivity contribution < 1.29 is 22.8 Å². The molecule has 2 atom stereocenters. The van der Waals surface area contributed by atoms with Crippen LogP contribution >= 0.6 is 0 Å². The van der Waals surface area contributed by atoms with Gasteiger partial charge in [0, 0.05) is 18.7 Å². The van der Waals surface area contributed by atoms with Gasteiger partial charge >= 0.3 is 6.18 Å². The van der Waals surface area contributed by atoms with Crippen molar-refractivity contribution in [3.63, 3.8) is 0 Å². The maximum atomic E-state index is 13.2. The normalized spacial score (nSPS) is 17.6. The second-order valence-electron chi connectivity index (χ2n) is 8.47. The van der Waals surface area contributed by atoms with Gasteiger partial charge in [-0.05, 0) is 54.3 Å². The predicted octanol–water partition coefficient (Wildman–Crippen LogP) is 5.59. The van der Waals surface area contributed by atoms with Crippen molar-refractivity contribution in [1.82, 2.24) is 10.2 Å². The molecule has 3 aromatic rings. The van der Waals surface area contributed by atoms with Gasteiger partial charge in [-0.3, -0.25) is 9.59 Å². The van der Waals surface area contributed by atoms with Gasteiger partial charge in [0.2, 0.25) is 5.91 Å². The first-order chi connectivity index (χ1) is 15.7. The Balaban J connectivity index is 1.42. The number of nitrogens with one attached hydrogen (secondary N) is 1. The van der Waals surface area contributed by atoms with Gasteiger partial charge in [-0.25, -0.2) is 0 Å². The molecule has 0 spiro atoms. The number of hydrogen-bond acceptors (Lipinski definition) is 2. The lowest BCUT2D eigenvalue weighted by atomic mass is 9.95. The number of halogens is 3. The van der Waals surface area contributed by atoms with Crippen LogP contribution in [0.2, 0.25) is 0 Å². The SMILES string of the molecule is C[C@H](NC(=O)[C@@H]1CCCN(C(=O)c2cccc3ccccc23)C1)c1ccc(C(F)(F)F)cc1. The van der Waals surface area contributed by atoms with Crippen LogP contribution in [-0.2, 0) is 11.0 Å². The average molecular weight is 454 g/mol. The number of amides is 2. The van der Waals surface area contributed by atoms with Crippen molar-refractivity contribution >= 4 is 22.6 Å². The molecule has 0 aliphatic carbocycles. The summed E-state index contributed by atoms with van der Waals surface area (Å²) in [5.74, 6) is -0.660. The molecule has 0 radical (unpaired) electrons. The number of benzene rings is 3. The van der Waals surface area contributed by atoms with Crippen LogP contribution in [0.5, 0.6) is 0 Å². The van der Waals surface area contributed by atoms with Gasteiger partial charge in [0.15, 0.2) is 0 Å². The first-order valence-corrected chi connectivity index (χ1v) is 11.0. The zero-order valence-corrected chi connectivity index (χ0v) is 18.2. The third kappa shape index (κ3) is 5.02. The van der Waals surface area contributed by atoms with Gasteiger partial charge in [0.05, 0.1) is 17.5 Å². The van der Waals surface area contributed by atoms with Crippen LogP contribution in [0.15, 0.2) is 66.7 Å². The summed E-state index contributed by atoms with van der Waals surface area (Å²) < 4.78 is 38.3. The van der Waals surface area contributed by atoms with Crippen molar-refractivity contribution in [1.29, 1.82) is 0 Å². The quantitative estimate of drug-likeness (QED) is 0.559. The summed E-state index contributed by atoms with van der Waals surface area (Å²) in [6, 6.07) is 17.7. The van der Waals surface area contributed by atoms with Crippen LogP contribution in [0.3, 0.4) is 0 Å². The van der Waals surface area contributed by atoms with E-state index in [4.69, 9.17) is 0 Å². The number of likely N-dealkylation sites (tertiary alicyclic amines) is 1. The highest BCUT2D eigenvalue weighted by Gasteiger charge is 2.31. The molecule has 1 N–H and O–H groups in total. The molecule has 0 aromatic heterocycles. The van der Waals surface area contributed by atoms with Gasteiger partial charge in [-0.15, -0.1) is 0 Å². The third-order valence-corrected chi connectivity index (χ3v) is 6.20. The predicted molar refractivity (Wildman–Crippen MR) is 121 cm³/mol. The van der Waals surface area contributed by atoms with Crippen molar-refractivity contribution in [3.8, 4) is 0 Å². The second-order valence-corrected chi connectivity index (χ2v) is 8.47. The molecule has 33 heavy (non-hydrogen) atoms. The highest BCUT2D eigenvalue weighted by Crippen LogP contribution is 2.30. The maximum absolute atomic E-state index is 13.2. The Bertz CT molecular complexity index is 1150. The van der Waals surface area contributed by atoms with Crippen LogP contribution in [0.25, 0.3) is 10.8 Å². The van der Waals surface area contributed by atoms with E-state index in [1.165, 1.54) is 12.1 Å². The lowest BCUT2D eigenvalue weighted by Gasteiger charge is -2.33. The third-order valence-electron chi connectivity index (χ3n) is 6.20. The summed E-state index contributed by atoms with van der Waals surface area (Å²) in [6.45, 7) is 2.64. The van der Waals surface area contributed by atoms with E-state index >= 15 is 0 Å². The van der Waals surface area contributed by atoms with E-state index in [1.54, 1.807) is 17.9 Å². The van der Waals surface area contributed by atoms with Crippen molar-refractivity contribution in [2.45, 2.75) is 32.0 Å². The lowest BCUT2D eigenvalue weighted by molar-refractivity contribution is -0.137. The van der Waals surface area contributed by atoms with Gasteiger partial charge in [0.1, 0.15) is 0 Å².